The highest BCUT2D eigenvalue weighted by Gasteiger charge is 2.32. The number of methoxy groups -OCH3 is 1. The van der Waals surface area contributed by atoms with Crippen molar-refractivity contribution in [3.63, 3.8) is 0 Å². The Hall–Kier alpha value is -3.13. The van der Waals surface area contributed by atoms with E-state index in [-0.39, 0.29) is 23.9 Å². The molecule has 2 unspecified atom stereocenters. The highest BCUT2D eigenvalue weighted by atomic mass is 19.1. The molecule has 0 saturated carbocycles. The average molecular weight is 402 g/mol. The van der Waals surface area contributed by atoms with Gasteiger partial charge in [0.2, 0.25) is 0 Å². The number of nitrogens with one attached hydrogen (secondary N) is 1. The fourth-order valence-corrected chi connectivity index (χ4v) is 3.34. The van der Waals surface area contributed by atoms with Crippen LogP contribution in [0, 0.1) is 5.82 Å². The Morgan fingerprint density at radius 2 is 2.00 bits per heavy atom. The van der Waals surface area contributed by atoms with E-state index >= 15 is 0 Å². The number of aromatic carboxylic acids is 1. The molecule has 0 spiro atoms. The molecule has 8 heteroatoms. The van der Waals surface area contributed by atoms with E-state index in [2.05, 4.69) is 5.32 Å². The highest BCUT2D eigenvalue weighted by molar-refractivity contribution is 5.88. The van der Waals surface area contributed by atoms with E-state index in [1.807, 2.05) is 30.3 Å². The molecule has 7 nitrogen and oxygen atoms in total. The molecule has 3 rings (SSSR count). The molecule has 2 aromatic carbocycles. The third kappa shape index (κ3) is 5.23. The summed E-state index contributed by atoms with van der Waals surface area (Å²) in [5, 5.41) is 11.9. The predicted octanol–water partition coefficient (Wildman–Crippen LogP) is 3.04. The summed E-state index contributed by atoms with van der Waals surface area (Å²) in [6, 6.07) is 12.7. The van der Waals surface area contributed by atoms with E-state index in [4.69, 9.17) is 14.6 Å². The molecule has 1 amide bonds. The monoisotopic (exact) mass is 402 g/mol. The summed E-state index contributed by atoms with van der Waals surface area (Å²) in [5.41, 5.74) is 1.10. The number of carboxylic acid groups (broad SMARTS) is 1. The second-order valence-corrected chi connectivity index (χ2v) is 6.79. The number of carbonyl (C=O) groups excluding carboxylic acids is 1. The van der Waals surface area contributed by atoms with Crippen LogP contribution in [0.3, 0.4) is 0 Å². The van der Waals surface area contributed by atoms with Gasteiger partial charge in [0, 0.05) is 20.2 Å². The molecule has 0 bridgehead atoms. The quantitative estimate of drug-likeness (QED) is 0.772. The van der Waals surface area contributed by atoms with E-state index in [1.54, 1.807) is 4.90 Å². The molecule has 1 fully saturated rings. The zero-order valence-electron chi connectivity index (χ0n) is 16.0. The Kier molecular flexibility index (Phi) is 6.66. The first-order valence-corrected chi connectivity index (χ1v) is 9.25. The largest absolute Gasteiger partial charge is 0.478 e. The second-order valence-electron chi connectivity index (χ2n) is 6.79. The molecule has 1 aliphatic rings. The van der Waals surface area contributed by atoms with Gasteiger partial charge in [-0.2, -0.15) is 0 Å². The van der Waals surface area contributed by atoms with Gasteiger partial charge < -0.3 is 24.8 Å². The number of halogens is 1. The third-order valence-electron chi connectivity index (χ3n) is 4.91. The van der Waals surface area contributed by atoms with Gasteiger partial charge in [-0.3, -0.25) is 0 Å². The summed E-state index contributed by atoms with van der Waals surface area (Å²) < 4.78 is 25.0. The van der Waals surface area contributed by atoms with Gasteiger partial charge in [0.15, 0.2) is 0 Å². The van der Waals surface area contributed by atoms with Crippen LogP contribution < -0.4 is 10.2 Å². The molecule has 0 aliphatic carbocycles. The van der Waals surface area contributed by atoms with Crippen LogP contribution in [-0.4, -0.2) is 49.5 Å². The maximum atomic E-state index is 14.3. The molecule has 2 atom stereocenters. The minimum absolute atomic E-state index is 0.0140. The average Bonchev–Trinajstić information content (AvgIpc) is 2.73. The minimum Gasteiger partial charge on any atom is -0.478 e. The van der Waals surface area contributed by atoms with Crippen LogP contribution >= 0.6 is 0 Å². The summed E-state index contributed by atoms with van der Waals surface area (Å²) in [6.45, 7) is 0.903. The van der Waals surface area contributed by atoms with Gasteiger partial charge >= 0.3 is 12.1 Å². The molecule has 1 saturated heterocycles. The Bertz CT molecular complexity index is 861. The van der Waals surface area contributed by atoms with E-state index in [1.165, 1.54) is 19.2 Å². The van der Waals surface area contributed by atoms with Crippen LogP contribution in [0.2, 0.25) is 0 Å². The van der Waals surface area contributed by atoms with Crippen molar-refractivity contribution in [3.05, 3.63) is 65.5 Å². The van der Waals surface area contributed by atoms with Gasteiger partial charge in [0.25, 0.3) is 0 Å². The molecule has 1 aliphatic heterocycles. The smallest absolute Gasteiger partial charge is 0.407 e. The normalized spacial score (nSPS) is 18.9. The summed E-state index contributed by atoms with van der Waals surface area (Å²) in [6.07, 6.45) is -0.454. The number of piperidine rings is 1. The number of alkyl carbamates (subject to hydrolysis) is 1. The molecule has 1 heterocycles. The van der Waals surface area contributed by atoms with Gasteiger partial charge in [-0.25, -0.2) is 14.0 Å². The maximum Gasteiger partial charge on any atom is 0.407 e. The number of ether oxygens (including phenoxy) is 2. The van der Waals surface area contributed by atoms with Gasteiger partial charge in [-0.15, -0.1) is 0 Å². The lowest BCUT2D eigenvalue weighted by atomic mass is 10.0. The molecule has 29 heavy (non-hydrogen) atoms. The van der Waals surface area contributed by atoms with E-state index in [0.29, 0.717) is 19.5 Å². The SMILES string of the molecule is COC1CN(c2cc(C(=O)O)ccc2F)CCC1NC(=O)OCc1ccccc1. The lowest BCUT2D eigenvalue weighted by Gasteiger charge is -2.39. The Labute approximate surface area is 168 Å². The van der Waals surface area contributed by atoms with Gasteiger partial charge in [-0.1, -0.05) is 30.3 Å². The van der Waals surface area contributed by atoms with Crippen LogP contribution in [-0.2, 0) is 16.1 Å². The molecule has 154 valence electrons. The minimum atomic E-state index is -1.12. The zero-order valence-corrected chi connectivity index (χ0v) is 16.0. The topological polar surface area (TPSA) is 88.1 Å². The Balaban J connectivity index is 1.60. The first-order chi connectivity index (χ1) is 14.0. The van der Waals surface area contributed by atoms with Crippen molar-refractivity contribution < 1.29 is 28.6 Å². The fraction of sp³-hybridized carbons (Fsp3) is 0.333. The fourth-order valence-electron chi connectivity index (χ4n) is 3.34. The third-order valence-corrected chi connectivity index (χ3v) is 4.91. The van der Waals surface area contributed by atoms with Crippen LogP contribution in [0.25, 0.3) is 0 Å². The second kappa shape index (κ2) is 9.38. The van der Waals surface area contributed by atoms with E-state index in [9.17, 15) is 14.0 Å². The van der Waals surface area contributed by atoms with Crippen molar-refractivity contribution >= 4 is 17.7 Å². The lowest BCUT2D eigenvalue weighted by molar-refractivity contribution is 0.0544. The predicted molar refractivity (Wildman–Crippen MR) is 105 cm³/mol. The number of rotatable bonds is 6. The van der Waals surface area contributed by atoms with Gasteiger partial charge in [0.1, 0.15) is 12.4 Å². The standard InChI is InChI=1S/C21H23FN2O5/c1-28-19-12-24(18-11-15(20(25)26)7-8-16(18)22)10-9-17(19)23-21(27)29-13-14-5-3-2-4-6-14/h2-8,11,17,19H,9-10,12-13H2,1H3,(H,23,27)(H,25,26). The number of carbonyl (C=O) groups is 2. The number of nitrogens with zero attached hydrogens (tertiary/aromatic N) is 1. The van der Waals surface area contributed by atoms with Gasteiger partial charge in [-0.05, 0) is 30.2 Å². The number of carboxylic acids is 1. The van der Waals surface area contributed by atoms with Crippen molar-refractivity contribution in [2.75, 3.05) is 25.1 Å². The molecule has 2 aromatic rings. The summed E-state index contributed by atoms with van der Waals surface area (Å²) in [5.74, 6) is -1.62. The number of anilines is 1. The molecule has 0 radical (unpaired) electrons. The summed E-state index contributed by atoms with van der Waals surface area (Å²) in [7, 11) is 1.52. The molecule has 0 aromatic heterocycles. The van der Waals surface area contributed by atoms with Gasteiger partial charge in [0.05, 0.1) is 23.4 Å². The summed E-state index contributed by atoms with van der Waals surface area (Å²) in [4.78, 5) is 25.0. The maximum absolute atomic E-state index is 14.3. The number of benzene rings is 2. The van der Waals surface area contributed by atoms with Crippen LogP contribution in [0.15, 0.2) is 48.5 Å². The van der Waals surface area contributed by atoms with Crippen molar-refractivity contribution in [2.45, 2.75) is 25.2 Å². The van der Waals surface area contributed by atoms with Crippen LogP contribution in [0.5, 0.6) is 0 Å². The molecular formula is C21H23FN2O5. The first-order valence-electron chi connectivity index (χ1n) is 9.25. The lowest BCUT2D eigenvalue weighted by Crippen LogP contribution is -2.55. The zero-order chi connectivity index (χ0) is 20.8. The van der Waals surface area contributed by atoms with Crippen LogP contribution in [0.1, 0.15) is 22.3 Å². The number of amides is 1. The van der Waals surface area contributed by atoms with Crippen molar-refractivity contribution in [1.82, 2.24) is 5.32 Å². The first kappa shape index (κ1) is 20.6. The van der Waals surface area contributed by atoms with Crippen molar-refractivity contribution in [3.8, 4) is 0 Å². The Morgan fingerprint density at radius 3 is 2.69 bits per heavy atom. The highest BCUT2D eigenvalue weighted by Crippen LogP contribution is 2.26. The van der Waals surface area contributed by atoms with E-state index in [0.717, 1.165) is 11.6 Å². The molecule has 2 N–H and O–H groups in total. The van der Waals surface area contributed by atoms with E-state index < -0.39 is 24.0 Å². The van der Waals surface area contributed by atoms with Crippen molar-refractivity contribution in [2.24, 2.45) is 0 Å². The molecular weight excluding hydrogens is 379 g/mol. The number of hydrogen-bond donors (Lipinski definition) is 2. The number of hydrogen-bond acceptors (Lipinski definition) is 5. The van der Waals surface area contributed by atoms with Crippen LogP contribution in [0.4, 0.5) is 14.9 Å². The van der Waals surface area contributed by atoms with Crippen molar-refractivity contribution in [1.29, 1.82) is 0 Å². The Morgan fingerprint density at radius 1 is 1.24 bits per heavy atom. The summed E-state index contributed by atoms with van der Waals surface area (Å²) >= 11 is 0.